The molecule has 0 N–H and O–H groups in total. The molecule has 0 aliphatic carbocycles. The van der Waals surface area contributed by atoms with Crippen LogP contribution in [-0.2, 0) is 6.54 Å². The first-order valence-corrected chi connectivity index (χ1v) is 9.62. The number of benzene rings is 1. The number of hydrogen-bond donors (Lipinski definition) is 0. The van der Waals surface area contributed by atoms with Crippen LogP contribution in [0.3, 0.4) is 0 Å². The Morgan fingerprint density at radius 1 is 1.07 bits per heavy atom. The molecular weight excluding hydrogens is 402 g/mol. The topological polar surface area (TPSA) is 41.9 Å². The van der Waals surface area contributed by atoms with Crippen molar-refractivity contribution >= 4 is 33.0 Å². The van der Waals surface area contributed by atoms with Crippen molar-refractivity contribution in [2.24, 2.45) is 0 Å². The van der Waals surface area contributed by atoms with E-state index in [9.17, 15) is 8.78 Å². The molecule has 4 nitrogen and oxygen atoms in total. The van der Waals surface area contributed by atoms with Crippen molar-refractivity contribution in [1.82, 2.24) is 19.9 Å². The first-order valence-electron chi connectivity index (χ1n) is 8.43. The highest BCUT2D eigenvalue weighted by molar-refractivity contribution is 7.22. The number of aromatic nitrogens is 3. The molecule has 0 saturated heterocycles. The van der Waals surface area contributed by atoms with E-state index in [1.54, 1.807) is 6.20 Å². The van der Waals surface area contributed by atoms with E-state index in [-0.39, 0.29) is 11.0 Å². The van der Waals surface area contributed by atoms with Gasteiger partial charge >= 0.3 is 0 Å². The molecule has 0 amide bonds. The van der Waals surface area contributed by atoms with Gasteiger partial charge in [-0.15, -0.1) is 11.3 Å². The number of rotatable bonds is 4. The van der Waals surface area contributed by atoms with Crippen molar-refractivity contribution < 1.29 is 8.78 Å². The molecule has 3 aromatic heterocycles. The SMILES string of the molecule is CN(C)Cc1cnc(F)cc1-c1cccc2cc(-c3nc(Cl)ncc3F)sc12. The molecule has 0 atom stereocenters. The molecule has 0 aliphatic heterocycles. The summed E-state index contributed by atoms with van der Waals surface area (Å²) in [6, 6.07) is 9.06. The van der Waals surface area contributed by atoms with Gasteiger partial charge in [0, 0.05) is 29.1 Å². The normalized spacial score (nSPS) is 11.5. The largest absolute Gasteiger partial charge is 0.305 e. The number of thiophene rings is 1. The summed E-state index contributed by atoms with van der Waals surface area (Å²) in [6.07, 6.45) is 2.62. The fourth-order valence-electron chi connectivity index (χ4n) is 3.09. The summed E-state index contributed by atoms with van der Waals surface area (Å²) >= 11 is 7.22. The van der Waals surface area contributed by atoms with Crippen LogP contribution in [-0.4, -0.2) is 33.9 Å². The van der Waals surface area contributed by atoms with E-state index in [1.807, 2.05) is 43.3 Å². The summed E-state index contributed by atoms with van der Waals surface area (Å²) in [5, 5.41) is 0.901. The zero-order valence-corrected chi connectivity index (χ0v) is 16.7. The predicted molar refractivity (Wildman–Crippen MR) is 108 cm³/mol. The van der Waals surface area contributed by atoms with E-state index in [0.29, 0.717) is 11.4 Å². The molecule has 3 heterocycles. The Bertz CT molecular complexity index is 1180. The Morgan fingerprint density at radius 2 is 1.89 bits per heavy atom. The van der Waals surface area contributed by atoms with E-state index >= 15 is 0 Å². The second-order valence-corrected chi connectivity index (χ2v) is 7.96. The van der Waals surface area contributed by atoms with E-state index in [0.717, 1.165) is 33.0 Å². The van der Waals surface area contributed by atoms with Crippen molar-refractivity contribution in [1.29, 1.82) is 0 Å². The molecule has 0 unspecified atom stereocenters. The number of fused-ring (bicyclic) bond motifs is 1. The van der Waals surface area contributed by atoms with Gasteiger partial charge in [-0.05, 0) is 48.3 Å². The van der Waals surface area contributed by atoms with Crippen molar-refractivity contribution in [3.05, 3.63) is 65.3 Å². The molecule has 0 radical (unpaired) electrons. The lowest BCUT2D eigenvalue weighted by atomic mass is 10.00. The van der Waals surface area contributed by atoms with E-state index in [4.69, 9.17) is 11.6 Å². The maximum Gasteiger partial charge on any atom is 0.223 e. The van der Waals surface area contributed by atoms with Crippen LogP contribution in [0.2, 0.25) is 5.28 Å². The summed E-state index contributed by atoms with van der Waals surface area (Å²) in [5.41, 5.74) is 2.69. The smallest absolute Gasteiger partial charge is 0.223 e. The molecule has 0 saturated carbocycles. The molecule has 0 bridgehead atoms. The lowest BCUT2D eigenvalue weighted by molar-refractivity contribution is 0.401. The second-order valence-electron chi connectivity index (χ2n) is 6.57. The van der Waals surface area contributed by atoms with Gasteiger partial charge in [0.25, 0.3) is 0 Å². The molecule has 4 rings (SSSR count). The minimum atomic E-state index is -0.542. The van der Waals surface area contributed by atoms with Crippen molar-refractivity contribution in [2.45, 2.75) is 6.54 Å². The Morgan fingerprint density at radius 3 is 2.68 bits per heavy atom. The van der Waals surface area contributed by atoms with E-state index < -0.39 is 11.8 Å². The highest BCUT2D eigenvalue weighted by Gasteiger charge is 2.17. The van der Waals surface area contributed by atoms with Gasteiger partial charge in [-0.2, -0.15) is 4.39 Å². The van der Waals surface area contributed by atoms with Gasteiger partial charge in [0.15, 0.2) is 5.82 Å². The van der Waals surface area contributed by atoms with Gasteiger partial charge in [-0.25, -0.2) is 19.3 Å². The molecule has 0 fully saturated rings. The van der Waals surface area contributed by atoms with Crippen LogP contribution >= 0.6 is 22.9 Å². The van der Waals surface area contributed by atoms with Gasteiger partial charge in [0.05, 0.1) is 11.1 Å². The third kappa shape index (κ3) is 3.61. The highest BCUT2D eigenvalue weighted by Crippen LogP contribution is 2.40. The zero-order valence-electron chi connectivity index (χ0n) is 15.1. The second kappa shape index (κ2) is 7.50. The first kappa shape index (κ1) is 18.9. The number of nitrogens with zero attached hydrogens (tertiary/aromatic N) is 4. The number of halogens is 3. The third-order valence-electron chi connectivity index (χ3n) is 4.22. The molecule has 142 valence electrons. The molecule has 8 heteroatoms. The molecule has 1 aromatic carbocycles. The number of pyridine rings is 1. The number of hydrogen-bond acceptors (Lipinski definition) is 5. The monoisotopic (exact) mass is 416 g/mol. The van der Waals surface area contributed by atoms with Crippen LogP contribution in [0.25, 0.3) is 31.8 Å². The predicted octanol–water partition coefficient (Wildman–Crippen LogP) is 5.41. The van der Waals surface area contributed by atoms with Gasteiger partial charge in [0.1, 0.15) is 5.69 Å². The van der Waals surface area contributed by atoms with Crippen LogP contribution in [0.1, 0.15) is 5.56 Å². The Labute approximate surface area is 169 Å². The Kier molecular flexibility index (Phi) is 5.05. The standard InChI is InChI=1S/C20H15ClF2N4S/c1-27(2)10-12-8-24-17(23)7-14(12)13-5-3-4-11-6-16(28-19(11)13)18-15(22)9-25-20(21)26-18/h3-9H,10H2,1-2H3. The average molecular weight is 417 g/mol. The van der Waals surface area contributed by atoms with Crippen LogP contribution in [0, 0.1) is 11.8 Å². The summed E-state index contributed by atoms with van der Waals surface area (Å²) in [5.74, 6) is -1.08. The van der Waals surface area contributed by atoms with Gasteiger partial charge < -0.3 is 4.90 Å². The van der Waals surface area contributed by atoms with E-state index in [2.05, 4.69) is 15.0 Å². The molecule has 0 aliphatic rings. The maximum atomic E-state index is 14.2. The van der Waals surface area contributed by atoms with Gasteiger partial charge in [-0.1, -0.05) is 18.2 Å². The average Bonchev–Trinajstić information content (AvgIpc) is 3.09. The lowest BCUT2D eigenvalue weighted by Gasteiger charge is -2.14. The fraction of sp³-hybridized carbons (Fsp3) is 0.150. The third-order valence-corrected chi connectivity index (χ3v) is 5.60. The maximum absolute atomic E-state index is 14.2. The quantitative estimate of drug-likeness (QED) is 0.329. The summed E-state index contributed by atoms with van der Waals surface area (Å²) < 4.78 is 29.1. The van der Waals surface area contributed by atoms with Gasteiger partial charge in [0.2, 0.25) is 11.2 Å². The van der Waals surface area contributed by atoms with Crippen LogP contribution in [0.15, 0.2) is 42.7 Å². The van der Waals surface area contributed by atoms with Crippen molar-refractivity contribution in [3.63, 3.8) is 0 Å². The zero-order chi connectivity index (χ0) is 19.8. The van der Waals surface area contributed by atoms with Crippen LogP contribution in [0.5, 0.6) is 0 Å². The fourth-order valence-corrected chi connectivity index (χ4v) is 4.40. The Hall–Kier alpha value is -2.48. The highest BCUT2D eigenvalue weighted by atomic mass is 35.5. The summed E-state index contributed by atoms with van der Waals surface area (Å²) in [6.45, 7) is 0.618. The van der Waals surface area contributed by atoms with Crippen LogP contribution in [0.4, 0.5) is 8.78 Å². The minimum Gasteiger partial charge on any atom is -0.305 e. The first-order chi connectivity index (χ1) is 13.4. The molecule has 4 aromatic rings. The summed E-state index contributed by atoms with van der Waals surface area (Å²) in [4.78, 5) is 14.1. The van der Waals surface area contributed by atoms with Crippen molar-refractivity contribution in [2.75, 3.05) is 14.1 Å². The molecule has 0 spiro atoms. The van der Waals surface area contributed by atoms with Gasteiger partial charge in [-0.3, -0.25) is 0 Å². The molecule has 28 heavy (non-hydrogen) atoms. The lowest BCUT2D eigenvalue weighted by Crippen LogP contribution is -2.12. The molecular formula is C20H15ClF2N4S. The van der Waals surface area contributed by atoms with E-state index in [1.165, 1.54) is 17.4 Å². The minimum absolute atomic E-state index is 0.0152. The van der Waals surface area contributed by atoms with Crippen molar-refractivity contribution in [3.8, 4) is 21.7 Å². The Balaban J connectivity index is 1.92. The summed E-state index contributed by atoms with van der Waals surface area (Å²) in [7, 11) is 3.89. The van der Waals surface area contributed by atoms with Crippen LogP contribution < -0.4 is 0 Å².